The van der Waals surface area contributed by atoms with Crippen molar-refractivity contribution in [1.82, 2.24) is 0 Å². The van der Waals surface area contributed by atoms with E-state index in [-0.39, 0.29) is 12.2 Å². The molecule has 136 valence electrons. The van der Waals surface area contributed by atoms with Crippen LogP contribution >= 0.6 is 11.6 Å². The average molecular weight is 381 g/mol. The molecule has 0 saturated heterocycles. The fourth-order valence-corrected chi connectivity index (χ4v) is 2.40. The smallest absolute Gasteiger partial charge is 0.266 e. The average Bonchev–Trinajstić information content (AvgIpc) is 2.67. The maximum absolute atomic E-state index is 12.5. The first-order valence-electron chi connectivity index (χ1n) is 7.92. The summed E-state index contributed by atoms with van der Waals surface area (Å²) in [5, 5.41) is 12.6. The largest absolute Gasteiger partial charge is 0.497 e. The van der Waals surface area contributed by atoms with Crippen molar-refractivity contribution in [3.63, 3.8) is 0 Å². The van der Waals surface area contributed by atoms with Gasteiger partial charge in [-0.15, -0.1) is 6.42 Å². The van der Waals surface area contributed by atoms with Gasteiger partial charge in [-0.25, -0.2) is 0 Å². The second kappa shape index (κ2) is 9.33. The van der Waals surface area contributed by atoms with Crippen LogP contribution in [-0.4, -0.2) is 19.6 Å². The van der Waals surface area contributed by atoms with Gasteiger partial charge >= 0.3 is 0 Å². The van der Waals surface area contributed by atoms with E-state index in [0.717, 1.165) is 5.56 Å². The molecular formula is C21H17ClN2O3. The molecule has 0 atom stereocenters. The minimum absolute atomic E-state index is 0.0454. The minimum atomic E-state index is -0.554. The van der Waals surface area contributed by atoms with Crippen molar-refractivity contribution in [3.8, 4) is 29.9 Å². The number of ether oxygens (including phenoxy) is 2. The SMILES string of the molecule is C#CCOc1cc(OC)ccc1/C=C(\C#N)C(=O)Nc1cc(Cl)ccc1C. The number of rotatable bonds is 6. The molecule has 1 amide bonds. The number of carbonyl (C=O) groups is 1. The highest BCUT2D eigenvalue weighted by Gasteiger charge is 2.13. The fourth-order valence-electron chi connectivity index (χ4n) is 2.23. The highest BCUT2D eigenvalue weighted by Crippen LogP contribution is 2.27. The van der Waals surface area contributed by atoms with Crippen LogP contribution in [0.25, 0.3) is 6.08 Å². The standard InChI is InChI=1S/C21H17ClN2O3/c1-4-9-27-20-12-18(26-3)8-6-15(20)10-16(13-23)21(25)24-19-11-17(22)7-5-14(19)2/h1,5-8,10-12H,9H2,2-3H3,(H,24,25)/b16-10+. The Morgan fingerprint density at radius 3 is 2.78 bits per heavy atom. The third-order valence-corrected chi connectivity index (χ3v) is 3.88. The van der Waals surface area contributed by atoms with Crippen molar-refractivity contribution in [2.75, 3.05) is 19.0 Å². The molecule has 5 nitrogen and oxygen atoms in total. The number of hydrogen-bond acceptors (Lipinski definition) is 4. The number of terminal acetylenes is 1. The van der Waals surface area contributed by atoms with Crippen LogP contribution in [0.2, 0.25) is 5.02 Å². The second-order valence-corrected chi connectivity index (χ2v) is 5.92. The monoisotopic (exact) mass is 380 g/mol. The van der Waals surface area contributed by atoms with Crippen molar-refractivity contribution in [2.45, 2.75) is 6.92 Å². The molecule has 0 unspecified atom stereocenters. The van der Waals surface area contributed by atoms with E-state index in [2.05, 4.69) is 11.2 Å². The lowest BCUT2D eigenvalue weighted by atomic mass is 10.1. The van der Waals surface area contributed by atoms with Gasteiger partial charge in [0.25, 0.3) is 5.91 Å². The van der Waals surface area contributed by atoms with E-state index in [1.54, 1.807) is 36.4 Å². The van der Waals surface area contributed by atoms with Crippen molar-refractivity contribution in [2.24, 2.45) is 0 Å². The molecule has 0 spiro atoms. The zero-order valence-corrected chi connectivity index (χ0v) is 15.6. The summed E-state index contributed by atoms with van der Waals surface area (Å²) in [6, 6.07) is 12.0. The summed E-state index contributed by atoms with van der Waals surface area (Å²) < 4.78 is 10.7. The zero-order valence-electron chi connectivity index (χ0n) is 14.9. The van der Waals surface area contributed by atoms with Crippen molar-refractivity contribution >= 4 is 29.3 Å². The molecule has 0 aliphatic rings. The Balaban J connectivity index is 2.34. The van der Waals surface area contributed by atoms with Crippen LogP contribution in [0, 0.1) is 30.6 Å². The molecule has 2 aromatic carbocycles. The van der Waals surface area contributed by atoms with Gasteiger partial charge in [0.15, 0.2) is 0 Å². The van der Waals surface area contributed by atoms with Crippen LogP contribution in [0.4, 0.5) is 5.69 Å². The first-order valence-corrected chi connectivity index (χ1v) is 8.30. The lowest BCUT2D eigenvalue weighted by molar-refractivity contribution is -0.112. The molecule has 0 radical (unpaired) electrons. The Morgan fingerprint density at radius 1 is 1.33 bits per heavy atom. The van der Waals surface area contributed by atoms with E-state index < -0.39 is 5.91 Å². The van der Waals surface area contributed by atoms with E-state index in [1.165, 1.54) is 13.2 Å². The normalized spacial score (nSPS) is 10.5. The number of hydrogen-bond donors (Lipinski definition) is 1. The maximum Gasteiger partial charge on any atom is 0.266 e. The van der Waals surface area contributed by atoms with Gasteiger partial charge in [0.1, 0.15) is 29.7 Å². The Hall–Kier alpha value is -3.41. The second-order valence-electron chi connectivity index (χ2n) is 5.48. The van der Waals surface area contributed by atoms with Gasteiger partial charge in [-0.05, 0) is 42.8 Å². The first-order chi connectivity index (χ1) is 13.0. The number of carbonyl (C=O) groups excluding carboxylic acids is 1. The quantitative estimate of drug-likeness (QED) is 0.463. The zero-order chi connectivity index (χ0) is 19.8. The van der Waals surface area contributed by atoms with Crippen LogP contribution in [-0.2, 0) is 4.79 Å². The van der Waals surface area contributed by atoms with Gasteiger partial charge < -0.3 is 14.8 Å². The molecule has 1 N–H and O–H groups in total. The molecule has 2 aromatic rings. The number of nitriles is 1. The molecule has 0 saturated carbocycles. The summed E-state index contributed by atoms with van der Waals surface area (Å²) in [5.74, 6) is 2.80. The molecule has 27 heavy (non-hydrogen) atoms. The number of benzene rings is 2. The van der Waals surface area contributed by atoms with Crippen LogP contribution < -0.4 is 14.8 Å². The Bertz CT molecular complexity index is 968. The van der Waals surface area contributed by atoms with Gasteiger partial charge in [-0.1, -0.05) is 23.6 Å². The fraction of sp³-hybridized carbons (Fsp3) is 0.143. The van der Waals surface area contributed by atoms with Gasteiger partial charge in [0.2, 0.25) is 0 Å². The summed E-state index contributed by atoms with van der Waals surface area (Å²) in [7, 11) is 1.53. The number of halogens is 1. The highest BCUT2D eigenvalue weighted by molar-refractivity contribution is 6.31. The van der Waals surface area contributed by atoms with Crippen LogP contribution in [0.5, 0.6) is 11.5 Å². The number of aryl methyl sites for hydroxylation is 1. The first kappa shape index (κ1) is 19.9. The molecule has 0 bridgehead atoms. The molecule has 0 aliphatic heterocycles. The topological polar surface area (TPSA) is 71.3 Å². The number of nitrogens with zero attached hydrogens (tertiary/aromatic N) is 1. The minimum Gasteiger partial charge on any atom is -0.497 e. The number of amides is 1. The lowest BCUT2D eigenvalue weighted by Crippen LogP contribution is -2.14. The third kappa shape index (κ3) is 5.28. The van der Waals surface area contributed by atoms with Gasteiger partial charge in [0, 0.05) is 22.3 Å². The van der Waals surface area contributed by atoms with E-state index >= 15 is 0 Å². The van der Waals surface area contributed by atoms with Crippen LogP contribution in [0.1, 0.15) is 11.1 Å². The summed E-state index contributed by atoms with van der Waals surface area (Å²) in [5.41, 5.74) is 1.80. The predicted molar refractivity (Wildman–Crippen MR) is 106 cm³/mol. The van der Waals surface area contributed by atoms with Crippen LogP contribution in [0.3, 0.4) is 0 Å². The number of methoxy groups -OCH3 is 1. The highest BCUT2D eigenvalue weighted by atomic mass is 35.5. The molecule has 6 heteroatoms. The van der Waals surface area contributed by atoms with Crippen molar-refractivity contribution < 1.29 is 14.3 Å². The van der Waals surface area contributed by atoms with Gasteiger partial charge in [-0.2, -0.15) is 5.26 Å². The Morgan fingerprint density at radius 2 is 2.11 bits per heavy atom. The Labute approximate surface area is 163 Å². The summed E-state index contributed by atoms with van der Waals surface area (Å²) >= 11 is 5.97. The number of anilines is 1. The van der Waals surface area contributed by atoms with E-state index in [9.17, 15) is 10.1 Å². The molecular weight excluding hydrogens is 364 g/mol. The summed E-state index contributed by atoms with van der Waals surface area (Å²) in [6.07, 6.45) is 6.67. The van der Waals surface area contributed by atoms with Gasteiger partial charge in [-0.3, -0.25) is 4.79 Å². The molecule has 0 aliphatic carbocycles. The number of nitrogens with one attached hydrogen (secondary N) is 1. The van der Waals surface area contributed by atoms with Gasteiger partial charge in [0.05, 0.1) is 7.11 Å². The van der Waals surface area contributed by atoms with E-state index in [4.69, 9.17) is 27.5 Å². The van der Waals surface area contributed by atoms with E-state index in [0.29, 0.717) is 27.8 Å². The Kier molecular flexibility index (Phi) is 6.88. The van der Waals surface area contributed by atoms with E-state index in [1.807, 2.05) is 13.0 Å². The lowest BCUT2D eigenvalue weighted by Gasteiger charge is -2.10. The van der Waals surface area contributed by atoms with Crippen LogP contribution in [0.15, 0.2) is 42.0 Å². The molecule has 0 fully saturated rings. The van der Waals surface area contributed by atoms with Crippen molar-refractivity contribution in [1.29, 1.82) is 5.26 Å². The third-order valence-electron chi connectivity index (χ3n) is 3.64. The maximum atomic E-state index is 12.5. The summed E-state index contributed by atoms with van der Waals surface area (Å²) in [6.45, 7) is 1.88. The molecule has 0 heterocycles. The predicted octanol–water partition coefficient (Wildman–Crippen LogP) is 4.21. The summed E-state index contributed by atoms with van der Waals surface area (Å²) in [4.78, 5) is 12.5. The van der Waals surface area contributed by atoms with Crippen molar-refractivity contribution in [3.05, 3.63) is 58.1 Å². The molecule has 2 rings (SSSR count). The molecule has 0 aromatic heterocycles.